The van der Waals surface area contributed by atoms with E-state index in [9.17, 15) is 8.42 Å². The van der Waals surface area contributed by atoms with Crippen LogP contribution in [0.15, 0.2) is 12.4 Å². The number of nitrogens with one attached hydrogen (secondary N) is 1. The van der Waals surface area contributed by atoms with Gasteiger partial charge in [0.05, 0.1) is 11.4 Å². The van der Waals surface area contributed by atoms with E-state index in [2.05, 4.69) is 14.7 Å². The fraction of sp³-hybridized carbons (Fsp3) is 0.500. The normalized spacial score (nSPS) is 13.9. The van der Waals surface area contributed by atoms with Gasteiger partial charge in [0, 0.05) is 12.4 Å². The zero-order valence-electron chi connectivity index (χ0n) is 8.35. The molecule has 0 saturated heterocycles. The van der Waals surface area contributed by atoms with E-state index in [0.717, 1.165) is 0 Å². The highest BCUT2D eigenvalue weighted by Gasteiger charge is 2.23. The highest BCUT2D eigenvalue weighted by Crippen LogP contribution is 2.19. The van der Waals surface area contributed by atoms with Gasteiger partial charge in [-0.1, -0.05) is 0 Å². The minimum atomic E-state index is -3.33. The van der Waals surface area contributed by atoms with E-state index in [4.69, 9.17) is 0 Å². The maximum atomic E-state index is 11.5. The van der Waals surface area contributed by atoms with Crippen molar-refractivity contribution >= 4 is 10.0 Å². The van der Waals surface area contributed by atoms with Crippen LogP contribution < -0.4 is 4.72 Å². The zero-order valence-corrected chi connectivity index (χ0v) is 9.17. The van der Waals surface area contributed by atoms with Crippen LogP contribution in [0.1, 0.15) is 23.6 Å². The van der Waals surface area contributed by atoms with Crippen molar-refractivity contribution in [3.05, 3.63) is 23.8 Å². The lowest BCUT2D eigenvalue weighted by atomic mass is 10.2. The van der Waals surface area contributed by atoms with E-state index in [1.807, 2.05) is 0 Å². The maximum absolute atomic E-state index is 11.5. The molecule has 6 heteroatoms. The Balaban J connectivity index is 3.14. The Morgan fingerprint density at radius 3 is 2.43 bits per heavy atom. The van der Waals surface area contributed by atoms with Crippen LogP contribution in [-0.2, 0) is 10.0 Å². The van der Waals surface area contributed by atoms with Crippen molar-refractivity contribution in [3.63, 3.8) is 0 Å². The van der Waals surface area contributed by atoms with Gasteiger partial charge >= 0.3 is 0 Å². The molecule has 14 heavy (non-hydrogen) atoms. The van der Waals surface area contributed by atoms with Crippen molar-refractivity contribution < 1.29 is 8.42 Å². The number of aromatic nitrogens is 2. The molecule has 0 fully saturated rings. The Kier molecular flexibility index (Phi) is 3.17. The van der Waals surface area contributed by atoms with Crippen molar-refractivity contribution in [1.29, 1.82) is 0 Å². The maximum Gasteiger partial charge on any atom is 0.219 e. The quantitative estimate of drug-likeness (QED) is 0.792. The Labute approximate surface area is 83.6 Å². The Morgan fingerprint density at radius 2 is 1.93 bits per heavy atom. The van der Waals surface area contributed by atoms with Crippen LogP contribution in [-0.4, -0.2) is 25.4 Å². The van der Waals surface area contributed by atoms with E-state index < -0.39 is 15.3 Å². The lowest BCUT2D eigenvalue weighted by Gasteiger charge is -2.12. The summed E-state index contributed by atoms with van der Waals surface area (Å²) in [5.41, 5.74) is 1.13. The summed E-state index contributed by atoms with van der Waals surface area (Å²) < 4.78 is 25.2. The van der Waals surface area contributed by atoms with Gasteiger partial charge in [-0.05, 0) is 20.9 Å². The van der Waals surface area contributed by atoms with Gasteiger partial charge in [-0.25, -0.2) is 13.1 Å². The Hall–Kier alpha value is -1.01. The summed E-state index contributed by atoms with van der Waals surface area (Å²) >= 11 is 0. The molecule has 1 N–H and O–H groups in total. The second-order valence-corrected chi connectivity index (χ2v) is 5.12. The topological polar surface area (TPSA) is 72.0 Å². The molecule has 0 amide bonds. The average Bonchev–Trinajstić information content (AvgIpc) is 2.17. The SMILES string of the molecule is CNS(=O)(=O)C(C)c1nccnc1C. The van der Waals surface area contributed by atoms with Gasteiger partial charge in [0.15, 0.2) is 0 Å². The Morgan fingerprint density at radius 1 is 1.36 bits per heavy atom. The summed E-state index contributed by atoms with van der Waals surface area (Å²) in [6.07, 6.45) is 3.03. The highest BCUT2D eigenvalue weighted by atomic mass is 32.2. The molecule has 5 nitrogen and oxygen atoms in total. The van der Waals surface area contributed by atoms with Crippen LogP contribution in [0, 0.1) is 6.92 Å². The summed E-state index contributed by atoms with van der Waals surface area (Å²) in [5, 5.41) is -0.679. The van der Waals surface area contributed by atoms with Crippen molar-refractivity contribution in [3.8, 4) is 0 Å². The predicted molar refractivity (Wildman–Crippen MR) is 53.2 cm³/mol. The van der Waals surface area contributed by atoms with E-state index in [-0.39, 0.29) is 0 Å². The first-order valence-corrected chi connectivity index (χ1v) is 5.73. The van der Waals surface area contributed by atoms with Crippen LogP contribution in [0.3, 0.4) is 0 Å². The van der Waals surface area contributed by atoms with Crippen molar-refractivity contribution in [2.75, 3.05) is 7.05 Å². The predicted octanol–water partition coefficient (Wildman–Crippen LogP) is 0.395. The lowest BCUT2D eigenvalue weighted by Crippen LogP contribution is -2.25. The van der Waals surface area contributed by atoms with Gasteiger partial charge in [-0.3, -0.25) is 9.97 Å². The van der Waals surface area contributed by atoms with Gasteiger partial charge in [-0.2, -0.15) is 0 Å². The molecule has 0 aliphatic heterocycles. The summed E-state index contributed by atoms with van der Waals surface area (Å²) in [7, 11) is -1.94. The molecule has 0 aromatic carbocycles. The fourth-order valence-electron chi connectivity index (χ4n) is 1.14. The summed E-state index contributed by atoms with van der Waals surface area (Å²) in [4.78, 5) is 8.00. The first-order chi connectivity index (χ1) is 6.49. The number of hydrogen-bond donors (Lipinski definition) is 1. The molecule has 1 atom stereocenters. The van der Waals surface area contributed by atoms with E-state index in [1.54, 1.807) is 13.8 Å². The molecule has 1 aromatic heterocycles. The number of hydrogen-bond acceptors (Lipinski definition) is 4. The molecule has 0 aliphatic rings. The smallest absolute Gasteiger partial charge is 0.219 e. The zero-order chi connectivity index (χ0) is 10.8. The molecule has 0 bridgehead atoms. The third-order valence-corrected chi connectivity index (χ3v) is 3.78. The number of nitrogens with zero attached hydrogens (tertiary/aromatic N) is 2. The minimum Gasteiger partial charge on any atom is -0.258 e. The van der Waals surface area contributed by atoms with Crippen molar-refractivity contribution in [2.45, 2.75) is 19.1 Å². The monoisotopic (exact) mass is 215 g/mol. The average molecular weight is 215 g/mol. The second-order valence-electron chi connectivity index (χ2n) is 2.92. The highest BCUT2D eigenvalue weighted by molar-refractivity contribution is 7.89. The molecule has 0 saturated carbocycles. The molecule has 1 rings (SSSR count). The van der Waals surface area contributed by atoms with Crippen molar-refractivity contribution in [2.24, 2.45) is 0 Å². The second kappa shape index (κ2) is 4.02. The van der Waals surface area contributed by atoms with Crippen LogP contribution >= 0.6 is 0 Å². The van der Waals surface area contributed by atoms with Crippen molar-refractivity contribution in [1.82, 2.24) is 14.7 Å². The van der Waals surface area contributed by atoms with Crippen LogP contribution in [0.4, 0.5) is 0 Å². The van der Waals surface area contributed by atoms with Gasteiger partial charge in [0.25, 0.3) is 0 Å². The molecule has 1 heterocycles. The van der Waals surface area contributed by atoms with Gasteiger partial charge < -0.3 is 0 Å². The third kappa shape index (κ3) is 2.08. The standard InChI is InChI=1S/C8H13N3O2S/c1-6-8(11-5-4-10-6)7(2)14(12,13)9-3/h4-5,7,9H,1-3H3. The summed E-state index contributed by atoms with van der Waals surface area (Å²) in [6, 6.07) is 0. The number of rotatable bonds is 3. The summed E-state index contributed by atoms with van der Waals surface area (Å²) in [5.74, 6) is 0. The van der Waals surface area contributed by atoms with E-state index in [0.29, 0.717) is 11.4 Å². The van der Waals surface area contributed by atoms with Gasteiger partial charge in [0.2, 0.25) is 10.0 Å². The largest absolute Gasteiger partial charge is 0.258 e. The summed E-state index contributed by atoms with van der Waals surface area (Å²) in [6.45, 7) is 3.33. The molecule has 78 valence electrons. The van der Waals surface area contributed by atoms with Crippen LogP contribution in [0.5, 0.6) is 0 Å². The molecule has 0 aliphatic carbocycles. The molecular formula is C8H13N3O2S. The van der Waals surface area contributed by atoms with Gasteiger partial charge in [-0.15, -0.1) is 0 Å². The minimum absolute atomic E-state index is 0.488. The van der Waals surface area contributed by atoms with E-state index in [1.165, 1.54) is 19.4 Å². The molecular weight excluding hydrogens is 202 g/mol. The molecule has 1 unspecified atom stereocenters. The van der Waals surface area contributed by atoms with E-state index >= 15 is 0 Å². The lowest BCUT2D eigenvalue weighted by molar-refractivity contribution is 0.576. The van der Waals surface area contributed by atoms with Crippen LogP contribution in [0.2, 0.25) is 0 Å². The number of sulfonamides is 1. The molecule has 0 radical (unpaired) electrons. The molecule has 1 aromatic rings. The fourth-order valence-corrected chi connectivity index (χ4v) is 2.02. The first-order valence-electron chi connectivity index (χ1n) is 4.19. The van der Waals surface area contributed by atoms with Crippen LogP contribution in [0.25, 0.3) is 0 Å². The number of aryl methyl sites for hydroxylation is 1. The first kappa shape index (κ1) is 11.1. The van der Waals surface area contributed by atoms with Gasteiger partial charge in [0.1, 0.15) is 5.25 Å². The third-order valence-electron chi connectivity index (χ3n) is 2.05. The Bertz CT molecular complexity index is 416. The molecule has 0 spiro atoms.